The lowest BCUT2D eigenvalue weighted by atomic mass is 10.1. The number of thiophene rings is 1. The molecule has 4 nitrogen and oxygen atoms in total. The van der Waals surface area contributed by atoms with Crippen molar-refractivity contribution in [3.05, 3.63) is 64.5 Å². The first kappa shape index (κ1) is 15.3. The van der Waals surface area contributed by atoms with Gasteiger partial charge < -0.3 is 9.64 Å². The lowest BCUT2D eigenvalue weighted by Crippen LogP contribution is -2.42. The number of para-hydroxylation sites is 1. The smallest absolute Gasteiger partial charge is 0.227 e. The van der Waals surface area contributed by atoms with Crippen molar-refractivity contribution in [2.45, 2.75) is 12.5 Å². The van der Waals surface area contributed by atoms with Gasteiger partial charge in [-0.15, -0.1) is 11.3 Å². The maximum Gasteiger partial charge on any atom is 0.227 e. The molecule has 4 rings (SSSR count). The van der Waals surface area contributed by atoms with Crippen molar-refractivity contribution >= 4 is 28.1 Å². The van der Waals surface area contributed by atoms with Crippen LogP contribution >= 0.6 is 11.3 Å². The van der Waals surface area contributed by atoms with Crippen LogP contribution in [0.25, 0.3) is 10.9 Å². The molecule has 1 atom stereocenters. The fourth-order valence-electron chi connectivity index (χ4n) is 3.02. The number of pyridine rings is 1. The van der Waals surface area contributed by atoms with Crippen LogP contribution < -0.4 is 0 Å². The average molecular weight is 338 g/mol. The molecule has 0 spiro atoms. The Balaban J connectivity index is 1.46. The minimum Gasteiger partial charge on any atom is -0.369 e. The van der Waals surface area contributed by atoms with Crippen LogP contribution in [0.3, 0.4) is 0 Å². The van der Waals surface area contributed by atoms with Crippen LogP contribution in [-0.4, -0.2) is 35.5 Å². The highest BCUT2D eigenvalue weighted by molar-refractivity contribution is 7.10. The van der Waals surface area contributed by atoms with Crippen LogP contribution in [0.5, 0.6) is 0 Å². The summed E-state index contributed by atoms with van der Waals surface area (Å²) in [4.78, 5) is 20.2. The molecule has 2 aromatic heterocycles. The van der Waals surface area contributed by atoms with Crippen molar-refractivity contribution in [3.63, 3.8) is 0 Å². The van der Waals surface area contributed by atoms with E-state index < -0.39 is 0 Å². The fraction of sp³-hybridized carbons (Fsp3) is 0.263. The number of morpholine rings is 1. The van der Waals surface area contributed by atoms with Gasteiger partial charge in [0.05, 0.1) is 25.1 Å². The third kappa shape index (κ3) is 3.18. The lowest BCUT2D eigenvalue weighted by molar-refractivity contribution is -0.138. The van der Waals surface area contributed by atoms with E-state index in [1.807, 2.05) is 40.6 Å². The minimum absolute atomic E-state index is 0.00238. The van der Waals surface area contributed by atoms with Crippen LogP contribution in [0.4, 0.5) is 0 Å². The molecule has 24 heavy (non-hydrogen) atoms. The Kier molecular flexibility index (Phi) is 4.28. The molecule has 1 aliphatic heterocycles. The zero-order valence-electron chi connectivity index (χ0n) is 13.2. The molecule has 1 amide bonds. The van der Waals surface area contributed by atoms with Crippen LogP contribution in [0, 0.1) is 0 Å². The molecule has 1 saturated heterocycles. The second-order valence-electron chi connectivity index (χ2n) is 5.93. The van der Waals surface area contributed by atoms with Gasteiger partial charge >= 0.3 is 0 Å². The van der Waals surface area contributed by atoms with Gasteiger partial charge in [-0.25, -0.2) is 0 Å². The van der Waals surface area contributed by atoms with Crippen molar-refractivity contribution in [1.82, 2.24) is 9.88 Å². The molecule has 1 fully saturated rings. The number of aromatic nitrogens is 1. The summed E-state index contributed by atoms with van der Waals surface area (Å²) < 4.78 is 5.81. The van der Waals surface area contributed by atoms with Crippen molar-refractivity contribution in [1.29, 1.82) is 0 Å². The Hall–Kier alpha value is -2.24. The second-order valence-corrected chi connectivity index (χ2v) is 6.91. The highest BCUT2D eigenvalue weighted by Crippen LogP contribution is 2.26. The number of ether oxygens (including phenoxy) is 1. The summed E-state index contributed by atoms with van der Waals surface area (Å²) in [5.74, 6) is 0.136. The van der Waals surface area contributed by atoms with E-state index in [-0.39, 0.29) is 12.0 Å². The molecular formula is C19H18N2O2S. The molecule has 0 saturated carbocycles. The first-order valence-corrected chi connectivity index (χ1v) is 8.94. The molecule has 1 aliphatic rings. The van der Waals surface area contributed by atoms with E-state index in [1.54, 1.807) is 17.5 Å². The van der Waals surface area contributed by atoms with Crippen LogP contribution in [-0.2, 0) is 16.0 Å². The zero-order chi connectivity index (χ0) is 16.4. The van der Waals surface area contributed by atoms with E-state index in [0.29, 0.717) is 26.1 Å². The zero-order valence-corrected chi connectivity index (χ0v) is 14.0. The first-order valence-electron chi connectivity index (χ1n) is 8.06. The van der Waals surface area contributed by atoms with Gasteiger partial charge in [-0.05, 0) is 29.1 Å². The molecule has 122 valence electrons. The van der Waals surface area contributed by atoms with Gasteiger partial charge in [0.2, 0.25) is 5.91 Å². The summed E-state index contributed by atoms with van der Waals surface area (Å²) in [5.41, 5.74) is 1.91. The summed E-state index contributed by atoms with van der Waals surface area (Å²) in [6.45, 7) is 1.87. The molecule has 0 unspecified atom stereocenters. The number of benzene rings is 1. The number of nitrogens with zero attached hydrogens (tertiary/aromatic N) is 2. The number of carbonyl (C=O) groups is 1. The molecule has 3 aromatic rings. The highest BCUT2D eigenvalue weighted by atomic mass is 32.1. The minimum atomic E-state index is -0.00238. The van der Waals surface area contributed by atoms with Crippen molar-refractivity contribution in [2.24, 2.45) is 0 Å². The van der Waals surface area contributed by atoms with Gasteiger partial charge in [-0.3, -0.25) is 9.78 Å². The molecule has 0 radical (unpaired) electrons. The number of rotatable bonds is 3. The van der Waals surface area contributed by atoms with E-state index in [2.05, 4.69) is 17.1 Å². The van der Waals surface area contributed by atoms with Crippen LogP contribution in [0.2, 0.25) is 0 Å². The van der Waals surface area contributed by atoms with Crippen molar-refractivity contribution in [2.75, 3.05) is 19.7 Å². The summed E-state index contributed by atoms with van der Waals surface area (Å²) in [6, 6.07) is 14.1. The van der Waals surface area contributed by atoms with Crippen LogP contribution in [0.15, 0.2) is 54.0 Å². The molecule has 3 heterocycles. The van der Waals surface area contributed by atoms with E-state index in [9.17, 15) is 4.79 Å². The van der Waals surface area contributed by atoms with E-state index >= 15 is 0 Å². The van der Waals surface area contributed by atoms with Crippen LogP contribution in [0.1, 0.15) is 16.5 Å². The van der Waals surface area contributed by atoms with Gasteiger partial charge in [0.1, 0.15) is 6.10 Å². The monoisotopic (exact) mass is 338 g/mol. The summed E-state index contributed by atoms with van der Waals surface area (Å²) in [5, 5.41) is 3.11. The van der Waals surface area contributed by atoms with Gasteiger partial charge in [-0.2, -0.15) is 0 Å². The highest BCUT2D eigenvalue weighted by Gasteiger charge is 2.26. The third-order valence-corrected chi connectivity index (χ3v) is 5.25. The molecular weight excluding hydrogens is 320 g/mol. The number of carbonyl (C=O) groups excluding carboxylic acids is 1. The summed E-state index contributed by atoms with van der Waals surface area (Å²) in [6.07, 6.45) is 2.18. The number of hydrogen-bond donors (Lipinski definition) is 0. The lowest BCUT2D eigenvalue weighted by Gasteiger charge is -2.32. The van der Waals surface area contributed by atoms with E-state index in [1.165, 1.54) is 4.88 Å². The maximum atomic E-state index is 12.7. The normalized spacial score (nSPS) is 18.0. The summed E-state index contributed by atoms with van der Waals surface area (Å²) >= 11 is 1.68. The van der Waals surface area contributed by atoms with Gasteiger partial charge in [-0.1, -0.05) is 24.3 Å². The quantitative estimate of drug-likeness (QED) is 0.735. The number of hydrogen-bond acceptors (Lipinski definition) is 4. The molecule has 5 heteroatoms. The van der Waals surface area contributed by atoms with Gasteiger partial charge in [0.15, 0.2) is 0 Å². The molecule has 1 aromatic carbocycles. The SMILES string of the molecule is O=C(Cc1cnc2ccccc2c1)N1CCO[C@H](c2cccs2)C1. The van der Waals surface area contributed by atoms with E-state index in [0.717, 1.165) is 16.5 Å². The number of fused-ring (bicyclic) bond motifs is 1. The predicted molar refractivity (Wildman–Crippen MR) is 95.0 cm³/mol. The second kappa shape index (κ2) is 6.71. The maximum absolute atomic E-state index is 12.7. The number of amides is 1. The molecule has 0 bridgehead atoms. The first-order chi connectivity index (χ1) is 11.8. The Bertz CT molecular complexity index is 847. The average Bonchev–Trinajstić information content (AvgIpc) is 3.16. The van der Waals surface area contributed by atoms with Crippen molar-refractivity contribution in [3.8, 4) is 0 Å². The van der Waals surface area contributed by atoms with Crippen molar-refractivity contribution < 1.29 is 9.53 Å². The third-order valence-electron chi connectivity index (χ3n) is 4.28. The largest absolute Gasteiger partial charge is 0.369 e. The Labute approximate surface area is 144 Å². The fourth-order valence-corrected chi connectivity index (χ4v) is 3.79. The molecule has 0 N–H and O–H groups in total. The van der Waals surface area contributed by atoms with Gasteiger partial charge in [0, 0.05) is 23.0 Å². The standard InChI is InChI=1S/C19H18N2O2S/c22-19(11-14-10-15-4-1-2-5-16(15)20-12-14)21-7-8-23-17(13-21)18-6-3-9-24-18/h1-6,9-10,12,17H,7-8,11,13H2/t17-/m0/s1. The Morgan fingerprint density at radius 3 is 3.08 bits per heavy atom. The van der Waals surface area contributed by atoms with Gasteiger partial charge in [0.25, 0.3) is 0 Å². The Morgan fingerprint density at radius 1 is 1.29 bits per heavy atom. The predicted octanol–water partition coefficient (Wildman–Crippen LogP) is 3.44. The molecule has 0 aliphatic carbocycles. The topological polar surface area (TPSA) is 42.4 Å². The van der Waals surface area contributed by atoms with E-state index in [4.69, 9.17) is 4.74 Å². The summed E-state index contributed by atoms with van der Waals surface area (Å²) in [7, 11) is 0. The Morgan fingerprint density at radius 2 is 2.21 bits per heavy atom.